The molecule has 2 aromatic carbocycles. The highest BCUT2D eigenvalue weighted by Crippen LogP contribution is 2.60. The first-order valence-corrected chi connectivity index (χ1v) is 13.9. The number of aryl methyl sites for hydroxylation is 2. The van der Waals surface area contributed by atoms with Crippen molar-refractivity contribution in [3.8, 4) is 0 Å². The van der Waals surface area contributed by atoms with Gasteiger partial charge in [0, 0.05) is 5.69 Å². The predicted octanol–water partition coefficient (Wildman–Crippen LogP) is 5.18. The van der Waals surface area contributed by atoms with E-state index >= 15 is 0 Å². The van der Waals surface area contributed by atoms with Crippen molar-refractivity contribution in [1.29, 1.82) is 0 Å². The van der Waals surface area contributed by atoms with E-state index < -0.39 is 10.0 Å². The Hall–Kier alpha value is -2.34. The molecule has 4 saturated carbocycles. The minimum absolute atomic E-state index is 0.250. The summed E-state index contributed by atoms with van der Waals surface area (Å²) in [4.78, 5) is 12.8. The first-order valence-electron chi connectivity index (χ1n) is 12.1. The standard InChI is InChI=1S/C27H34N2O3S/c1-18-4-5-19(2)25(10-18)29(33(3,31)32)17-26(30)28-24-8-6-23(7-9-24)27-14-20-11-21(15-27)13-22(12-20)16-27/h4-10,20-22H,11-17H2,1-3H3,(H,28,30). The molecule has 0 radical (unpaired) electrons. The second-order valence-electron chi connectivity index (χ2n) is 10.9. The Balaban J connectivity index is 1.30. The Morgan fingerprint density at radius 2 is 1.55 bits per heavy atom. The van der Waals surface area contributed by atoms with E-state index in [1.807, 2.05) is 44.2 Å². The van der Waals surface area contributed by atoms with Crippen LogP contribution >= 0.6 is 0 Å². The number of nitrogens with zero attached hydrogens (tertiary/aromatic N) is 1. The molecular formula is C27H34N2O3S. The van der Waals surface area contributed by atoms with E-state index in [0.717, 1.165) is 35.1 Å². The average molecular weight is 467 g/mol. The topological polar surface area (TPSA) is 66.5 Å². The second kappa shape index (κ2) is 8.15. The summed E-state index contributed by atoms with van der Waals surface area (Å²) in [5.41, 5.74) is 4.76. The van der Waals surface area contributed by atoms with Crippen molar-refractivity contribution in [2.24, 2.45) is 17.8 Å². The number of hydrogen-bond donors (Lipinski definition) is 1. The van der Waals surface area contributed by atoms with Gasteiger partial charge in [-0.25, -0.2) is 8.42 Å². The van der Waals surface area contributed by atoms with Gasteiger partial charge in [-0.1, -0.05) is 24.3 Å². The summed E-state index contributed by atoms with van der Waals surface area (Å²) < 4.78 is 26.1. The minimum Gasteiger partial charge on any atom is -0.325 e. The zero-order valence-electron chi connectivity index (χ0n) is 19.8. The van der Waals surface area contributed by atoms with Crippen LogP contribution in [0.1, 0.15) is 55.2 Å². The molecular weight excluding hydrogens is 432 g/mol. The number of hydrogen-bond acceptors (Lipinski definition) is 3. The van der Waals surface area contributed by atoms with Crippen LogP contribution in [0.25, 0.3) is 0 Å². The normalized spacial score (nSPS) is 28.0. The number of amides is 1. The van der Waals surface area contributed by atoms with Crippen molar-refractivity contribution >= 4 is 27.3 Å². The quantitative estimate of drug-likeness (QED) is 0.638. The fourth-order valence-corrected chi connectivity index (χ4v) is 7.98. The fourth-order valence-electron chi connectivity index (χ4n) is 7.07. The van der Waals surface area contributed by atoms with Crippen molar-refractivity contribution in [3.05, 3.63) is 59.2 Å². The first-order chi connectivity index (χ1) is 15.6. The van der Waals surface area contributed by atoms with Gasteiger partial charge >= 0.3 is 0 Å². The summed E-state index contributed by atoms with van der Waals surface area (Å²) in [6.07, 6.45) is 9.33. The summed E-state index contributed by atoms with van der Waals surface area (Å²) in [6.45, 7) is 3.52. The molecule has 5 nitrogen and oxygen atoms in total. The molecule has 0 atom stereocenters. The van der Waals surface area contributed by atoms with Crippen molar-refractivity contribution in [2.75, 3.05) is 22.4 Å². The predicted molar refractivity (Wildman–Crippen MR) is 133 cm³/mol. The summed E-state index contributed by atoms with van der Waals surface area (Å²) in [5.74, 6) is 2.33. The van der Waals surface area contributed by atoms with Gasteiger partial charge in [0.05, 0.1) is 11.9 Å². The van der Waals surface area contributed by atoms with Crippen LogP contribution in [0.3, 0.4) is 0 Å². The van der Waals surface area contributed by atoms with Gasteiger partial charge in [-0.3, -0.25) is 9.10 Å². The van der Waals surface area contributed by atoms with Gasteiger partial charge in [0.25, 0.3) is 0 Å². The summed E-state index contributed by atoms with van der Waals surface area (Å²) in [7, 11) is -3.60. The number of nitrogens with one attached hydrogen (secondary N) is 1. The number of rotatable bonds is 6. The van der Waals surface area contributed by atoms with Gasteiger partial charge in [0.15, 0.2) is 0 Å². The van der Waals surface area contributed by atoms with Crippen molar-refractivity contribution in [2.45, 2.75) is 57.8 Å². The Bertz CT molecular complexity index is 1140. The van der Waals surface area contributed by atoms with Gasteiger partial charge < -0.3 is 5.32 Å². The first kappa shape index (κ1) is 22.5. The zero-order valence-corrected chi connectivity index (χ0v) is 20.6. The maximum atomic E-state index is 12.8. The summed E-state index contributed by atoms with van der Waals surface area (Å²) in [5, 5.41) is 2.90. The molecule has 6 rings (SSSR count). The molecule has 4 aliphatic rings. The van der Waals surface area contributed by atoms with Crippen LogP contribution < -0.4 is 9.62 Å². The molecule has 2 aromatic rings. The molecule has 4 fully saturated rings. The second-order valence-corrected chi connectivity index (χ2v) is 12.8. The molecule has 6 heteroatoms. The molecule has 0 unspecified atom stereocenters. The Kier molecular flexibility index (Phi) is 5.55. The van der Waals surface area contributed by atoms with Crippen LogP contribution in [0.2, 0.25) is 0 Å². The fraction of sp³-hybridized carbons (Fsp3) is 0.519. The molecule has 0 saturated heterocycles. The zero-order chi connectivity index (χ0) is 23.4. The lowest BCUT2D eigenvalue weighted by molar-refractivity contribution is -0.114. The third kappa shape index (κ3) is 4.42. The number of anilines is 2. The van der Waals surface area contributed by atoms with E-state index in [1.54, 1.807) is 0 Å². The van der Waals surface area contributed by atoms with Crippen molar-refractivity contribution in [3.63, 3.8) is 0 Å². The molecule has 0 heterocycles. The van der Waals surface area contributed by atoms with Crippen LogP contribution in [0.5, 0.6) is 0 Å². The number of sulfonamides is 1. The third-order valence-electron chi connectivity index (χ3n) is 8.14. The van der Waals surface area contributed by atoms with Crippen LogP contribution in [0.15, 0.2) is 42.5 Å². The maximum absolute atomic E-state index is 12.8. The Morgan fingerprint density at radius 1 is 0.970 bits per heavy atom. The molecule has 4 bridgehead atoms. The summed E-state index contributed by atoms with van der Waals surface area (Å²) >= 11 is 0. The van der Waals surface area contributed by atoms with Crippen molar-refractivity contribution in [1.82, 2.24) is 0 Å². The van der Waals surface area contributed by atoms with Gasteiger partial charge in [-0.2, -0.15) is 0 Å². The van der Waals surface area contributed by atoms with Gasteiger partial charge in [0.2, 0.25) is 15.9 Å². The van der Waals surface area contributed by atoms with E-state index in [1.165, 1.54) is 48.4 Å². The lowest BCUT2D eigenvalue weighted by Crippen LogP contribution is -2.48. The Labute approximate surface area is 197 Å². The third-order valence-corrected chi connectivity index (χ3v) is 9.27. The molecule has 4 aliphatic carbocycles. The monoisotopic (exact) mass is 466 g/mol. The number of benzene rings is 2. The van der Waals surface area contributed by atoms with Gasteiger partial charge in [-0.15, -0.1) is 0 Å². The van der Waals surface area contributed by atoms with E-state index in [2.05, 4.69) is 17.4 Å². The minimum atomic E-state index is -3.60. The van der Waals surface area contributed by atoms with E-state index in [-0.39, 0.29) is 12.5 Å². The molecule has 0 aromatic heterocycles. The highest BCUT2D eigenvalue weighted by atomic mass is 32.2. The molecule has 33 heavy (non-hydrogen) atoms. The molecule has 0 spiro atoms. The van der Waals surface area contributed by atoms with Crippen molar-refractivity contribution < 1.29 is 13.2 Å². The highest BCUT2D eigenvalue weighted by molar-refractivity contribution is 7.92. The largest absolute Gasteiger partial charge is 0.325 e. The lowest BCUT2D eigenvalue weighted by atomic mass is 9.48. The van der Waals surface area contributed by atoms with E-state index in [4.69, 9.17) is 0 Å². The van der Waals surface area contributed by atoms with Gasteiger partial charge in [0.1, 0.15) is 6.54 Å². The molecule has 0 aliphatic heterocycles. The summed E-state index contributed by atoms with van der Waals surface area (Å²) in [6, 6.07) is 13.9. The lowest BCUT2D eigenvalue weighted by Gasteiger charge is -2.57. The van der Waals surface area contributed by atoms with Crippen LogP contribution in [-0.4, -0.2) is 27.1 Å². The van der Waals surface area contributed by atoms with Crippen LogP contribution in [-0.2, 0) is 20.2 Å². The Morgan fingerprint density at radius 3 is 2.09 bits per heavy atom. The van der Waals surface area contributed by atoms with E-state index in [9.17, 15) is 13.2 Å². The SMILES string of the molecule is Cc1ccc(C)c(N(CC(=O)Nc2ccc(C34CC5CC(CC(C5)C3)C4)cc2)S(C)(=O)=O)c1. The molecule has 1 amide bonds. The van der Waals surface area contributed by atoms with Gasteiger partial charge in [-0.05, 0) is 110 Å². The maximum Gasteiger partial charge on any atom is 0.245 e. The van der Waals surface area contributed by atoms with E-state index in [0.29, 0.717) is 16.8 Å². The molecule has 1 N–H and O–H groups in total. The van der Waals surface area contributed by atoms with Crippen LogP contribution in [0.4, 0.5) is 11.4 Å². The smallest absolute Gasteiger partial charge is 0.245 e. The highest BCUT2D eigenvalue weighted by Gasteiger charge is 2.51. The number of carbonyl (C=O) groups is 1. The number of carbonyl (C=O) groups excluding carboxylic acids is 1. The molecule has 176 valence electrons. The average Bonchev–Trinajstić information content (AvgIpc) is 2.73. The van der Waals surface area contributed by atoms with Crippen LogP contribution in [0, 0.1) is 31.6 Å².